The molecule has 3 aliphatic rings. The quantitative estimate of drug-likeness (QED) is 0.760. The topological polar surface area (TPSA) is 76.3 Å². The summed E-state index contributed by atoms with van der Waals surface area (Å²) in [4.78, 5) is 13.7. The van der Waals surface area contributed by atoms with Gasteiger partial charge in [-0.15, -0.1) is 5.53 Å². The lowest BCUT2D eigenvalue weighted by molar-refractivity contribution is 0.138. The van der Waals surface area contributed by atoms with E-state index in [0.29, 0.717) is 18.3 Å². The molecule has 0 spiro atoms. The van der Waals surface area contributed by atoms with Crippen LogP contribution in [0.5, 0.6) is 0 Å². The molecule has 7 nitrogen and oxygen atoms in total. The van der Waals surface area contributed by atoms with Crippen LogP contribution in [-0.4, -0.2) is 34.3 Å². The van der Waals surface area contributed by atoms with E-state index in [2.05, 4.69) is 31.1 Å². The third-order valence-electron chi connectivity index (χ3n) is 4.99. The molecule has 3 heterocycles. The third kappa shape index (κ3) is 2.68. The normalized spacial score (nSPS) is 22.3. The monoisotopic (exact) mass is 336 g/mol. The van der Waals surface area contributed by atoms with Crippen molar-refractivity contribution >= 4 is 17.3 Å². The predicted octanol–water partition coefficient (Wildman–Crippen LogP) is 1.50. The fourth-order valence-corrected chi connectivity index (χ4v) is 3.99. The van der Waals surface area contributed by atoms with Crippen LogP contribution in [0.1, 0.15) is 38.5 Å². The molecule has 124 valence electrons. The minimum Gasteiger partial charge on any atom is -0.363 e. The number of H-pyrrole nitrogens is 1. The second-order valence-electron chi connectivity index (χ2n) is 6.39. The summed E-state index contributed by atoms with van der Waals surface area (Å²) in [6.07, 6.45) is 9.02. The molecule has 0 amide bonds. The first-order chi connectivity index (χ1) is 11.2. The summed E-state index contributed by atoms with van der Waals surface area (Å²) < 4.78 is 0. The molecular weight excluding hydrogens is 316 g/mol. The Kier molecular flexibility index (Phi) is 3.90. The Bertz CT molecular complexity index is 681. The van der Waals surface area contributed by atoms with Gasteiger partial charge in [0.05, 0.1) is 29.8 Å². The molecule has 1 saturated carbocycles. The lowest BCUT2D eigenvalue weighted by Gasteiger charge is -2.35. The molecule has 0 bridgehead atoms. The SMILES string of the molecule is O=c1[nH]ncc(N2CCC3=C(C2)NNN3C2CCCCC2)c1Cl. The summed E-state index contributed by atoms with van der Waals surface area (Å²) in [7, 11) is 0. The van der Waals surface area contributed by atoms with Gasteiger partial charge >= 0.3 is 0 Å². The first kappa shape index (κ1) is 14.8. The van der Waals surface area contributed by atoms with Crippen LogP contribution in [0.3, 0.4) is 0 Å². The third-order valence-corrected chi connectivity index (χ3v) is 5.36. The van der Waals surface area contributed by atoms with Crippen LogP contribution < -0.4 is 21.4 Å². The van der Waals surface area contributed by atoms with Crippen molar-refractivity contribution in [3.63, 3.8) is 0 Å². The van der Waals surface area contributed by atoms with E-state index in [4.69, 9.17) is 11.6 Å². The van der Waals surface area contributed by atoms with Gasteiger partial charge in [0.1, 0.15) is 5.02 Å². The first-order valence-electron chi connectivity index (χ1n) is 8.25. The van der Waals surface area contributed by atoms with E-state index in [1.54, 1.807) is 6.20 Å². The van der Waals surface area contributed by atoms with E-state index >= 15 is 0 Å². The molecule has 0 aromatic carbocycles. The van der Waals surface area contributed by atoms with Crippen LogP contribution in [0, 0.1) is 0 Å². The number of rotatable bonds is 2. The Labute approximate surface area is 139 Å². The molecule has 3 N–H and O–H groups in total. The Morgan fingerprint density at radius 3 is 2.91 bits per heavy atom. The fourth-order valence-electron chi connectivity index (χ4n) is 3.78. The standard InChI is InChI=1S/C15H21ClN6O/c16-14-13(8-17-19-15(14)23)21-7-6-12-11(9-21)18-20-22(12)10-4-2-1-3-5-10/h8,10,18,20H,1-7,9H2,(H,19,23). The number of hydrogen-bond acceptors (Lipinski definition) is 6. The van der Waals surface area contributed by atoms with Crippen molar-refractivity contribution in [1.82, 2.24) is 26.2 Å². The number of nitrogens with one attached hydrogen (secondary N) is 3. The molecule has 8 heteroatoms. The second-order valence-corrected chi connectivity index (χ2v) is 6.77. The second kappa shape index (κ2) is 6.05. The number of aromatic amines is 1. The number of halogens is 1. The van der Waals surface area contributed by atoms with E-state index in [1.165, 1.54) is 37.8 Å². The lowest BCUT2D eigenvalue weighted by atomic mass is 9.94. The molecular formula is C15H21ClN6O. The van der Waals surface area contributed by atoms with Gasteiger partial charge in [-0.2, -0.15) is 5.10 Å². The predicted molar refractivity (Wildman–Crippen MR) is 88.7 cm³/mol. The molecule has 1 aromatic rings. The highest BCUT2D eigenvalue weighted by atomic mass is 35.5. The largest absolute Gasteiger partial charge is 0.363 e. The van der Waals surface area contributed by atoms with Crippen molar-refractivity contribution in [2.75, 3.05) is 18.0 Å². The van der Waals surface area contributed by atoms with Crippen LogP contribution >= 0.6 is 11.6 Å². The average Bonchev–Trinajstić information content (AvgIpc) is 3.01. The van der Waals surface area contributed by atoms with Crippen molar-refractivity contribution in [2.24, 2.45) is 0 Å². The van der Waals surface area contributed by atoms with Gasteiger partial charge in [-0.3, -0.25) is 9.80 Å². The zero-order valence-electron chi connectivity index (χ0n) is 12.9. The Hall–Kier alpha value is -1.73. The summed E-state index contributed by atoms with van der Waals surface area (Å²) in [5, 5.41) is 8.76. The lowest BCUT2D eigenvalue weighted by Crippen LogP contribution is -2.45. The Morgan fingerprint density at radius 1 is 1.26 bits per heavy atom. The van der Waals surface area contributed by atoms with E-state index in [9.17, 15) is 4.79 Å². The maximum atomic E-state index is 11.6. The van der Waals surface area contributed by atoms with Gasteiger partial charge in [-0.1, -0.05) is 30.9 Å². The van der Waals surface area contributed by atoms with Gasteiger partial charge in [0.25, 0.3) is 5.56 Å². The molecule has 1 aromatic heterocycles. The van der Waals surface area contributed by atoms with Crippen molar-refractivity contribution in [3.05, 3.63) is 33.0 Å². The zero-order valence-corrected chi connectivity index (χ0v) is 13.7. The first-order valence-corrected chi connectivity index (χ1v) is 8.63. The van der Waals surface area contributed by atoms with E-state index < -0.39 is 0 Å². The highest BCUT2D eigenvalue weighted by Gasteiger charge is 2.33. The summed E-state index contributed by atoms with van der Waals surface area (Å²) in [6.45, 7) is 1.53. The fraction of sp³-hybridized carbons (Fsp3) is 0.600. The van der Waals surface area contributed by atoms with Gasteiger partial charge in [0.15, 0.2) is 0 Å². The smallest absolute Gasteiger partial charge is 0.285 e. The summed E-state index contributed by atoms with van der Waals surface area (Å²) >= 11 is 6.13. The minimum absolute atomic E-state index is 0.208. The molecule has 4 rings (SSSR count). The molecule has 0 atom stereocenters. The molecule has 0 saturated heterocycles. The van der Waals surface area contributed by atoms with Gasteiger partial charge in [-0.25, -0.2) is 5.10 Å². The van der Waals surface area contributed by atoms with Crippen molar-refractivity contribution in [3.8, 4) is 0 Å². The molecule has 23 heavy (non-hydrogen) atoms. The highest BCUT2D eigenvalue weighted by Crippen LogP contribution is 2.32. The van der Waals surface area contributed by atoms with Gasteiger partial charge in [-0.05, 0) is 12.8 Å². The molecule has 1 aliphatic carbocycles. The molecule has 2 aliphatic heterocycles. The van der Waals surface area contributed by atoms with Crippen LogP contribution in [-0.2, 0) is 0 Å². The summed E-state index contributed by atoms with van der Waals surface area (Å²) in [5.41, 5.74) is 9.50. The maximum Gasteiger partial charge on any atom is 0.285 e. The van der Waals surface area contributed by atoms with Crippen molar-refractivity contribution in [2.45, 2.75) is 44.6 Å². The zero-order chi connectivity index (χ0) is 15.8. The van der Waals surface area contributed by atoms with E-state index in [1.807, 2.05) is 0 Å². The molecule has 0 unspecified atom stereocenters. The van der Waals surface area contributed by atoms with E-state index in [-0.39, 0.29) is 10.6 Å². The van der Waals surface area contributed by atoms with Crippen molar-refractivity contribution in [1.29, 1.82) is 0 Å². The van der Waals surface area contributed by atoms with Crippen molar-refractivity contribution < 1.29 is 0 Å². The van der Waals surface area contributed by atoms with Gasteiger partial charge in [0, 0.05) is 19.0 Å². The Balaban J connectivity index is 1.54. The van der Waals surface area contributed by atoms with E-state index in [0.717, 1.165) is 18.7 Å². The maximum absolute atomic E-state index is 11.6. The molecule has 1 fully saturated rings. The summed E-state index contributed by atoms with van der Waals surface area (Å²) in [5.74, 6) is 0. The average molecular weight is 337 g/mol. The van der Waals surface area contributed by atoms with Crippen LogP contribution in [0.25, 0.3) is 0 Å². The summed E-state index contributed by atoms with van der Waals surface area (Å²) in [6, 6.07) is 0.583. The molecule has 0 radical (unpaired) electrons. The van der Waals surface area contributed by atoms with Crippen LogP contribution in [0.4, 0.5) is 5.69 Å². The number of hydrazine groups is 2. The van der Waals surface area contributed by atoms with Crippen LogP contribution in [0.15, 0.2) is 22.4 Å². The number of nitrogens with zero attached hydrogens (tertiary/aromatic N) is 3. The minimum atomic E-state index is -0.342. The number of aromatic nitrogens is 2. The number of anilines is 1. The highest BCUT2D eigenvalue weighted by molar-refractivity contribution is 6.33. The number of hydrogen-bond donors (Lipinski definition) is 3. The van der Waals surface area contributed by atoms with Gasteiger partial charge < -0.3 is 10.3 Å². The van der Waals surface area contributed by atoms with Crippen LogP contribution in [0.2, 0.25) is 5.02 Å². The van der Waals surface area contributed by atoms with Gasteiger partial charge in [0.2, 0.25) is 0 Å². The Morgan fingerprint density at radius 2 is 2.09 bits per heavy atom.